The Labute approximate surface area is 338 Å². The van der Waals surface area contributed by atoms with E-state index in [1.165, 1.54) is 19.2 Å². The average Bonchev–Trinajstić information content (AvgIpc) is 3.57. The first-order valence-corrected chi connectivity index (χ1v) is 18.8. The fraction of sp³-hybridized carbons (Fsp3) is 0.244. The van der Waals surface area contributed by atoms with Gasteiger partial charge >= 0.3 is 6.18 Å². The summed E-state index contributed by atoms with van der Waals surface area (Å²) in [6, 6.07) is 16.6. The Balaban J connectivity index is 1.32. The number of carbonyl (C=O) groups is 4. The van der Waals surface area contributed by atoms with E-state index in [0.717, 1.165) is 10.5 Å². The number of hydrazine groups is 1. The Morgan fingerprint density at radius 2 is 1.65 bits per heavy atom. The van der Waals surface area contributed by atoms with Crippen LogP contribution in [0.1, 0.15) is 41.0 Å². The number of rotatable bonds is 7. The number of anilines is 2. The number of halogens is 6. The Hall–Kier alpha value is -5.37. The number of imide groups is 2. The second-order valence-corrected chi connectivity index (χ2v) is 15.5. The SMILES string of the molecule is C=Cc1ccc(N2C(=O)[C@H]3[C@H](CC=C4[C@H]3C[C@H]3C(=O)N(Nc5ncc(C(F)(F)F)cc5Cl)C(=O)[C@@]3(c3ccc(Cl)cc3)[C@H]4c3cc(Cl)c(O)c(OC)c3)C2=O)cc1. The molecule has 57 heavy (non-hydrogen) atoms. The first kappa shape index (κ1) is 38.5. The molecule has 4 aromatic rings. The van der Waals surface area contributed by atoms with E-state index in [1.54, 1.807) is 54.6 Å². The van der Waals surface area contributed by atoms with Crippen LogP contribution < -0.4 is 15.1 Å². The van der Waals surface area contributed by atoms with Crippen LogP contribution in [0.15, 0.2) is 91.2 Å². The summed E-state index contributed by atoms with van der Waals surface area (Å²) in [6.07, 6.45) is -0.754. The summed E-state index contributed by atoms with van der Waals surface area (Å²) in [5.41, 5.74) is 2.04. The van der Waals surface area contributed by atoms with Gasteiger partial charge in [0.1, 0.15) is 0 Å². The van der Waals surface area contributed by atoms with Crippen LogP contribution in [0.5, 0.6) is 11.5 Å². The summed E-state index contributed by atoms with van der Waals surface area (Å²) in [7, 11) is 1.32. The van der Waals surface area contributed by atoms with Gasteiger partial charge in [-0.05, 0) is 77.9 Å². The number of nitrogens with zero attached hydrogens (tertiary/aromatic N) is 3. The van der Waals surface area contributed by atoms with E-state index in [4.69, 9.17) is 39.5 Å². The van der Waals surface area contributed by atoms with Gasteiger partial charge in [0.2, 0.25) is 11.8 Å². The van der Waals surface area contributed by atoms with E-state index >= 15 is 4.79 Å². The fourth-order valence-corrected chi connectivity index (χ4v) is 9.64. The van der Waals surface area contributed by atoms with E-state index in [1.807, 2.05) is 6.08 Å². The number of hydrogen-bond donors (Lipinski definition) is 2. The number of methoxy groups -OCH3 is 1. The standard InChI is InChI=1S/C41H30Cl3F3N4O6/c1-3-19-4-10-24(11-5-19)50-36(53)26-13-12-25-27(32(26)38(50)55)17-28-37(54)51(49-35-30(44)16-22(18-48-35)41(45,46)47)39(56)40(28,21-6-8-23(42)9-7-21)33(25)20-14-29(43)34(52)31(15-20)57-2/h3-12,14-16,18,26-28,32-33,52H,1,13,17H2,2H3,(H,48,49)/t26-,27+,28-,32-,33-,40+/m0/s1. The molecule has 6 atom stereocenters. The molecule has 0 bridgehead atoms. The normalized spacial score (nSPS) is 25.5. The molecular formula is C41H30Cl3F3N4O6. The molecule has 4 aliphatic rings. The first-order valence-electron chi connectivity index (χ1n) is 17.6. The van der Waals surface area contributed by atoms with Crippen molar-refractivity contribution in [2.45, 2.75) is 30.4 Å². The fourth-order valence-electron chi connectivity index (χ4n) is 9.09. The number of allylic oxidation sites excluding steroid dienone is 2. The van der Waals surface area contributed by atoms with Crippen molar-refractivity contribution in [2.24, 2.45) is 23.7 Å². The Morgan fingerprint density at radius 1 is 0.947 bits per heavy atom. The Morgan fingerprint density at radius 3 is 2.28 bits per heavy atom. The van der Waals surface area contributed by atoms with Crippen LogP contribution in [0.2, 0.25) is 15.1 Å². The summed E-state index contributed by atoms with van der Waals surface area (Å²) < 4.78 is 46.0. The van der Waals surface area contributed by atoms with E-state index in [-0.39, 0.29) is 29.4 Å². The molecule has 2 saturated heterocycles. The number of benzene rings is 3. The minimum Gasteiger partial charge on any atom is -0.503 e. The second kappa shape index (κ2) is 13.9. The van der Waals surface area contributed by atoms with E-state index in [9.17, 15) is 32.7 Å². The summed E-state index contributed by atoms with van der Waals surface area (Å²) in [4.78, 5) is 63.9. The Kier molecular flexibility index (Phi) is 9.41. The maximum Gasteiger partial charge on any atom is 0.417 e. The van der Waals surface area contributed by atoms with Crippen molar-refractivity contribution in [3.63, 3.8) is 0 Å². The molecule has 1 aromatic heterocycles. The molecule has 0 radical (unpaired) electrons. The monoisotopic (exact) mass is 836 g/mol. The van der Waals surface area contributed by atoms with Gasteiger partial charge in [0.05, 0.1) is 51.6 Å². The third kappa shape index (κ3) is 5.89. The topological polar surface area (TPSA) is 129 Å². The predicted octanol–water partition coefficient (Wildman–Crippen LogP) is 8.61. The molecule has 1 saturated carbocycles. The molecule has 3 heterocycles. The number of nitrogens with one attached hydrogen (secondary N) is 1. The summed E-state index contributed by atoms with van der Waals surface area (Å²) in [5, 5.41) is 11.2. The average molecular weight is 838 g/mol. The van der Waals surface area contributed by atoms with Crippen molar-refractivity contribution >= 4 is 76.0 Å². The molecule has 8 rings (SSSR count). The summed E-state index contributed by atoms with van der Waals surface area (Å²) in [6.45, 7) is 3.76. The highest BCUT2D eigenvalue weighted by Gasteiger charge is 2.70. The van der Waals surface area contributed by atoms with Crippen LogP contribution in [0.25, 0.3) is 6.08 Å². The number of fused-ring (bicyclic) bond motifs is 4. The minimum atomic E-state index is -4.77. The zero-order chi connectivity index (χ0) is 40.7. The lowest BCUT2D eigenvalue weighted by Gasteiger charge is -2.50. The van der Waals surface area contributed by atoms with Gasteiger partial charge in [-0.3, -0.25) is 29.5 Å². The van der Waals surface area contributed by atoms with Gasteiger partial charge in [0.15, 0.2) is 17.3 Å². The third-order valence-corrected chi connectivity index (χ3v) is 12.4. The van der Waals surface area contributed by atoms with E-state index in [2.05, 4.69) is 17.0 Å². The zero-order valence-corrected chi connectivity index (χ0v) is 32.0. The van der Waals surface area contributed by atoms with Crippen molar-refractivity contribution in [1.29, 1.82) is 0 Å². The molecule has 4 amide bonds. The van der Waals surface area contributed by atoms with Gasteiger partial charge in [0, 0.05) is 17.1 Å². The van der Waals surface area contributed by atoms with Crippen molar-refractivity contribution in [2.75, 3.05) is 17.4 Å². The molecule has 3 fully saturated rings. The van der Waals surface area contributed by atoms with Crippen molar-refractivity contribution < 1.29 is 42.2 Å². The highest BCUT2D eigenvalue weighted by atomic mass is 35.5. The number of carbonyl (C=O) groups excluding carboxylic acids is 4. The molecule has 10 nitrogen and oxygen atoms in total. The number of hydrogen-bond acceptors (Lipinski definition) is 8. The maximum atomic E-state index is 15.4. The lowest BCUT2D eigenvalue weighted by Crippen LogP contribution is -2.53. The lowest BCUT2D eigenvalue weighted by molar-refractivity contribution is -0.139. The summed E-state index contributed by atoms with van der Waals surface area (Å²) in [5.74, 6) is -8.12. The van der Waals surface area contributed by atoms with Gasteiger partial charge < -0.3 is 9.84 Å². The highest BCUT2D eigenvalue weighted by Crippen LogP contribution is 2.65. The van der Waals surface area contributed by atoms with Crippen molar-refractivity contribution in [1.82, 2.24) is 9.99 Å². The third-order valence-electron chi connectivity index (χ3n) is 11.5. The molecule has 16 heteroatoms. The number of aromatic hydroxyl groups is 1. The van der Waals surface area contributed by atoms with Gasteiger partial charge in [-0.1, -0.05) is 83.4 Å². The van der Waals surface area contributed by atoms with Crippen LogP contribution in [0, 0.1) is 23.7 Å². The number of aromatic nitrogens is 1. The maximum absolute atomic E-state index is 15.4. The molecule has 292 valence electrons. The predicted molar refractivity (Wildman–Crippen MR) is 206 cm³/mol. The number of ether oxygens (including phenoxy) is 1. The molecule has 2 aliphatic heterocycles. The molecule has 0 spiro atoms. The number of amides is 4. The number of pyridine rings is 1. The van der Waals surface area contributed by atoms with Crippen LogP contribution in [-0.2, 0) is 30.8 Å². The van der Waals surface area contributed by atoms with Crippen LogP contribution in [-0.4, -0.2) is 45.8 Å². The highest BCUT2D eigenvalue weighted by molar-refractivity contribution is 6.33. The zero-order valence-electron chi connectivity index (χ0n) is 29.7. The number of alkyl halides is 3. The molecule has 0 unspecified atom stereocenters. The largest absolute Gasteiger partial charge is 0.503 e. The Bertz CT molecular complexity index is 2430. The molecule has 3 aromatic carbocycles. The molecular weight excluding hydrogens is 808 g/mol. The van der Waals surface area contributed by atoms with E-state index in [0.29, 0.717) is 44.7 Å². The smallest absolute Gasteiger partial charge is 0.417 e. The van der Waals surface area contributed by atoms with Gasteiger partial charge in [-0.25, -0.2) is 4.98 Å². The van der Waals surface area contributed by atoms with Gasteiger partial charge in [-0.15, -0.1) is 0 Å². The summed E-state index contributed by atoms with van der Waals surface area (Å²) >= 11 is 19.2. The lowest BCUT2D eigenvalue weighted by atomic mass is 9.49. The van der Waals surface area contributed by atoms with Gasteiger partial charge in [0.25, 0.3) is 11.8 Å². The van der Waals surface area contributed by atoms with Crippen LogP contribution in [0.4, 0.5) is 24.7 Å². The first-order chi connectivity index (χ1) is 27.1. The quantitative estimate of drug-likeness (QED) is 0.140. The van der Waals surface area contributed by atoms with Crippen molar-refractivity contribution in [3.8, 4) is 11.5 Å². The molecule has 2 N–H and O–H groups in total. The van der Waals surface area contributed by atoms with Gasteiger partial charge in [-0.2, -0.15) is 18.2 Å². The van der Waals surface area contributed by atoms with Crippen LogP contribution >= 0.6 is 34.8 Å². The van der Waals surface area contributed by atoms with E-state index < -0.39 is 81.2 Å². The van der Waals surface area contributed by atoms with Crippen LogP contribution in [0.3, 0.4) is 0 Å². The number of phenolic OH excluding ortho intramolecular Hbond substituents is 1. The van der Waals surface area contributed by atoms with Crippen molar-refractivity contribution in [3.05, 3.63) is 128 Å². The second-order valence-electron chi connectivity index (χ2n) is 14.3. The molecule has 2 aliphatic carbocycles. The minimum absolute atomic E-state index is 0.0366. The number of phenols is 1.